The highest BCUT2D eigenvalue weighted by Gasteiger charge is 2.28. The number of nitrogens with two attached hydrogens (primary N) is 1. The molecular weight excluding hydrogens is 424 g/mol. The van der Waals surface area contributed by atoms with Crippen molar-refractivity contribution in [2.24, 2.45) is 5.73 Å². The van der Waals surface area contributed by atoms with Gasteiger partial charge in [0.25, 0.3) is 0 Å². The number of nitriles is 1. The third-order valence-electron chi connectivity index (χ3n) is 6.15. The zero-order chi connectivity index (χ0) is 24.1. The van der Waals surface area contributed by atoms with Gasteiger partial charge in [0.2, 0.25) is 5.91 Å². The number of amides is 1. The lowest BCUT2D eigenvalue weighted by Gasteiger charge is -2.34. The lowest BCUT2D eigenvalue weighted by molar-refractivity contribution is 0.1000. The summed E-state index contributed by atoms with van der Waals surface area (Å²) >= 11 is 0. The molecule has 0 radical (unpaired) electrons. The Morgan fingerprint density at radius 2 is 2.24 bits per heavy atom. The van der Waals surface area contributed by atoms with Gasteiger partial charge in [0.1, 0.15) is 5.82 Å². The Bertz CT molecular complexity index is 1380. The summed E-state index contributed by atoms with van der Waals surface area (Å²) in [6, 6.07) is 11.5. The van der Waals surface area contributed by atoms with Crippen LogP contribution in [0.1, 0.15) is 64.4 Å². The van der Waals surface area contributed by atoms with Crippen LogP contribution in [-0.4, -0.2) is 25.8 Å². The van der Waals surface area contributed by atoms with Crippen LogP contribution in [0.25, 0.3) is 12.7 Å². The smallest absolute Gasteiger partial charge is 0.248 e. The lowest BCUT2D eigenvalue weighted by atomic mass is 9.90. The first kappa shape index (κ1) is 23.1. The van der Waals surface area contributed by atoms with Crippen LogP contribution in [0.5, 0.6) is 0 Å². The summed E-state index contributed by atoms with van der Waals surface area (Å²) in [5, 5.41) is 11.3. The molecule has 3 aromatic rings. The summed E-state index contributed by atoms with van der Waals surface area (Å²) < 4.78 is 0. The molecule has 0 saturated carbocycles. The number of benzene rings is 1. The van der Waals surface area contributed by atoms with Crippen molar-refractivity contribution in [1.82, 2.24) is 19.9 Å². The first-order valence-electron chi connectivity index (χ1n) is 11.4. The monoisotopic (exact) mass is 452 g/mol. The van der Waals surface area contributed by atoms with Crippen molar-refractivity contribution in [3.05, 3.63) is 93.2 Å². The molecule has 0 saturated heterocycles. The van der Waals surface area contributed by atoms with Gasteiger partial charge in [-0.25, -0.2) is 4.98 Å². The highest BCUT2D eigenvalue weighted by molar-refractivity contribution is 5.93. The number of primary amides is 1. The number of aromatic nitrogens is 3. The molecule has 0 fully saturated rings. The Kier molecular flexibility index (Phi) is 7.00. The van der Waals surface area contributed by atoms with E-state index in [0.29, 0.717) is 24.2 Å². The van der Waals surface area contributed by atoms with Crippen LogP contribution < -0.4 is 16.4 Å². The Hall–Kier alpha value is -4.02. The fourth-order valence-corrected chi connectivity index (χ4v) is 4.48. The van der Waals surface area contributed by atoms with E-state index in [9.17, 15) is 10.1 Å². The lowest BCUT2D eigenvalue weighted by Crippen LogP contribution is -2.32. The van der Waals surface area contributed by atoms with Crippen molar-refractivity contribution < 1.29 is 4.79 Å². The fraction of sp³-hybridized carbons (Fsp3) is 0.259. The van der Waals surface area contributed by atoms with Gasteiger partial charge in [-0.2, -0.15) is 5.26 Å². The van der Waals surface area contributed by atoms with E-state index >= 15 is 0 Å². The average molecular weight is 453 g/mol. The first-order valence-corrected chi connectivity index (χ1v) is 11.4. The van der Waals surface area contributed by atoms with Crippen LogP contribution in [0.15, 0.2) is 48.7 Å². The minimum absolute atomic E-state index is 0.0774. The van der Waals surface area contributed by atoms with Crippen LogP contribution in [0, 0.1) is 11.3 Å². The van der Waals surface area contributed by atoms with E-state index in [2.05, 4.69) is 28.6 Å². The number of hydrogen-bond acceptors (Lipinski definition) is 5. The number of rotatable bonds is 7. The summed E-state index contributed by atoms with van der Waals surface area (Å²) in [5.74, 6) is 0.254. The normalized spacial score (nSPS) is 16.0. The van der Waals surface area contributed by atoms with Gasteiger partial charge in [0.05, 0.1) is 40.6 Å². The van der Waals surface area contributed by atoms with E-state index in [4.69, 9.17) is 15.7 Å². The molecule has 7 heteroatoms. The van der Waals surface area contributed by atoms with E-state index < -0.39 is 5.91 Å². The maximum atomic E-state index is 11.6. The van der Waals surface area contributed by atoms with Crippen molar-refractivity contribution in [2.45, 2.75) is 45.3 Å². The summed E-state index contributed by atoms with van der Waals surface area (Å²) in [5.41, 5.74) is 9.35. The number of aryl methyl sites for hydroxylation is 1. The third kappa shape index (κ3) is 4.98. The van der Waals surface area contributed by atoms with Gasteiger partial charge in [0.15, 0.2) is 0 Å². The summed E-state index contributed by atoms with van der Waals surface area (Å²) in [6.07, 6.45) is 10.7. The number of H-pyrrole nitrogens is 1. The number of aromatic amines is 1. The SMILES string of the molecule is C=c1[nH]c(CN(Cc2ccc(C(N)=O)cc2C#N)C2CCCc3cccnc32)n/c1=C/C=C\C. The number of fused-ring (bicyclic) bond motifs is 1. The fourth-order valence-electron chi connectivity index (χ4n) is 4.48. The number of carbonyl (C=O) groups excluding carboxylic acids is 1. The molecule has 1 amide bonds. The predicted octanol–water partition coefficient (Wildman–Crippen LogP) is 2.62. The average Bonchev–Trinajstić information content (AvgIpc) is 3.20. The molecule has 1 aliphatic rings. The number of nitrogens with zero attached hydrogens (tertiary/aromatic N) is 4. The van der Waals surface area contributed by atoms with Crippen LogP contribution in [0.2, 0.25) is 0 Å². The van der Waals surface area contributed by atoms with Gasteiger partial charge >= 0.3 is 0 Å². The van der Waals surface area contributed by atoms with E-state index in [0.717, 1.165) is 47.0 Å². The van der Waals surface area contributed by atoms with Crippen LogP contribution >= 0.6 is 0 Å². The van der Waals surface area contributed by atoms with E-state index in [-0.39, 0.29) is 6.04 Å². The Labute approximate surface area is 199 Å². The number of pyridine rings is 1. The zero-order valence-electron chi connectivity index (χ0n) is 19.3. The molecule has 7 nitrogen and oxygen atoms in total. The Morgan fingerprint density at radius 1 is 1.38 bits per heavy atom. The summed E-state index contributed by atoms with van der Waals surface area (Å²) in [4.78, 5) is 26.7. The molecule has 1 aromatic carbocycles. The van der Waals surface area contributed by atoms with Crippen molar-refractivity contribution in [3.63, 3.8) is 0 Å². The van der Waals surface area contributed by atoms with E-state index in [1.165, 1.54) is 5.56 Å². The maximum Gasteiger partial charge on any atom is 0.248 e. The quantitative estimate of drug-likeness (QED) is 0.572. The largest absolute Gasteiger partial charge is 0.366 e. The molecular formula is C27H28N6O. The highest BCUT2D eigenvalue weighted by Crippen LogP contribution is 2.34. The highest BCUT2D eigenvalue weighted by atomic mass is 16.1. The minimum atomic E-state index is -0.547. The number of imidazole rings is 1. The molecule has 1 unspecified atom stereocenters. The van der Waals surface area contributed by atoms with E-state index in [1.54, 1.807) is 12.1 Å². The molecule has 0 spiro atoms. The number of nitrogens with one attached hydrogen (secondary N) is 1. The second-order valence-electron chi connectivity index (χ2n) is 8.45. The molecule has 1 aliphatic carbocycles. The molecule has 1 atom stereocenters. The van der Waals surface area contributed by atoms with Gasteiger partial charge in [-0.3, -0.25) is 14.7 Å². The summed E-state index contributed by atoms with van der Waals surface area (Å²) in [6.45, 7) is 7.08. The molecule has 34 heavy (non-hydrogen) atoms. The second kappa shape index (κ2) is 10.3. The molecule has 3 N–H and O–H groups in total. The molecule has 0 aliphatic heterocycles. The first-order chi connectivity index (χ1) is 16.5. The van der Waals surface area contributed by atoms with E-state index in [1.807, 2.05) is 43.5 Å². The second-order valence-corrected chi connectivity index (χ2v) is 8.45. The number of hydrogen-bond donors (Lipinski definition) is 2. The Morgan fingerprint density at radius 3 is 3.00 bits per heavy atom. The molecule has 2 heterocycles. The molecule has 4 rings (SSSR count). The molecule has 172 valence electrons. The summed E-state index contributed by atoms with van der Waals surface area (Å²) in [7, 11) is 0. The van der Waals surface area contributed by atoms with Gasteiger partial charge in [-0.05, 0) is 61.6 Å². The van der Waals surface area contributed by atoms with Crippen molar-refractivity contribution in [3.8, 4) is 6.07 Å². The van der Waals surface area contributed by atoms with Gasteiger partial charge < -0.3 is 10.7 Å². The predicted molar refractivity (Wildman–Crippen MR) is 131 cm³/mol. The minimum Gasteiger partial charge on any atom is -0.366 e. The maximum absolute atomic E-state index is 11.6. The van der Waals surface area contributed by atoms with Gasteiger partial charge in [-0.15, -0.1) is 0 Å². The van der Waals surface area contributed by atoms with Crippen LogP contribution in [0.3, 0.4) is 0 Å². The van der Waals surface area contributed by atoms with Crippen molar-refractivity contribution >= 4 is 18.6 Å². The Balaban J connectivity index is 1.74. The standard InChI is InChI=1S/C27H28N6O/c1-3-4-9-23-18(2)31-25(32-23)17-33(24-10-5-7-19-8-6-13-30-26(19)24)16-21-12-11-20(27(29)34)14-22(21)15-28/h3-4,6,8-9,11-14,24H,2,5,7,10,16-17H2,1H3,(H2,29,34)(H,31,32)/b4-3-,23-9+. The third-order valence-corrected chi connectivity index (χ3v) is 6.15. The number of carbonyl (C=O) groups is 1. The molecule has 2 aromatic heterocycles. The zero-order valence-corrected chi connectivity index (χ0v) is 19.3. The van der Waals surface area contributed by atoms with Crippen molar-refractivity contribution in [2.75, 3.05) is 0 Å². The van der Waals surface area contributed by atoms with Crippen molar-refractivity contribution in [1.29, 1.82) is 5.26 Å². The van der Waals surface area contributed by atoms with Crippen LogP contribution in [-0.2, 0) is 19.5 Å². The van der Waals surface area contributed by atoms with Gasteiger partial charge in [0, 0.05) is 18.3 Å². The van der Waals surface area contributed by atoms with Gasteiger partial charge in [-0.1, -0.05) is 30.9 Å². The number of allylic oxidation sites excluding steroid dienone is 2. The van der Waals surface area contributed by atoms with Crippen LogP contribution in [0.4, 0.5) is 0 Å². The molecule has 0 bridgehead atoms. The topological polar surface area (TPSA) is 112 Å².